The number of hydrogen-bond acceptors (Lipinski definition) is 8. The van der Waals surface area contributed by atoms with Crippen LogP contribution in [-0.2, 0) is 30.4 Å². The lowest BCUT2D eigenvalue weighted by Gasteiger charge is -2.28. The van der Waals surface area contributed by atoms with E-state index in [2.05, 4.69) is 15.6 Å². The highest BCUT2D eigenvalue weighted by Gasteiger charge is 2.35. The smallest absolute Gasteiger partial charge is 0.300 e. The fourth-order valence-electron chi connectivity index (χ4n) is 4.02. The summed E-state index contributed by atoms with van der Waals surface area (Å²) in [6.07, 6.45) is 3.02. The van der Waals surface area contributed by atoms with Crippen molar-refractivity contribution >= 4 is 41.3 Å². The first kappa shape index (κ1) is 40.9. The quantitative estimate of drug-likeness (QED) is 0.0580. The molecule has 0 saturated carbocycles. The Morgan fingerprint density at radius 3 is 1.81 bits per heavy atom. The number of nitrogens with two attached hydrogens (primary N) is 3. The molecule has 1 unspecified atom stereocenters. The van der Waals surface area contributed by atoms with Gasteiger partial charge in [-0.15, -0.1) is 0 Å². The van der Waals surface area contributed by atoms with E-state index in [-0.39, 0.29) is 23.7 Å². The molecule has 3 atom stereocenters. The Labute approximate surface area is 252 Å². The molecule has 0 spiro atoms. The van der Waals surface area contributed by atoms with Crippen LogP contribution in [-0.4, -0.2) is 70.7 Å². The number of amides is 3. The zero-order valence-corrected chi connectivity index (χ0v) is 25.6. The average molecular weight is 612 g/mol. The summed E-state index contributed by atoms with van der Waals surface area (Å²) >= 11 is 0. The zero-order valence-electron chi connectivity index (χ0n) is 25.6. The van der Waals surface area contributed by atoms with Gasteiger partial charge in [-0.1, -0.05) is 26.0 Å². The highest BCUT2D eigenvalue weighted by atomic mass is 16.5. The first-order valence-corrected chi connectivity index (χ1v) is 13.8. The minimum atomic E-state index is -0.833. The maximum Gasteiger partial charge on any atom is 0.300 e. The molecular formula is C28H49N7O8. The van der Waals surface area contributed by atoms with Crippen molar-refractivity contribution in [3.05, 3.63) is 29.8 Å². The normalized spacial score (nSPS) is 12.1. The van der Waals surface area contributed by atoms with Gasteiger partial charge in [0.05, 0.1) is 11.6 Å². The van der Waals surface area contributed by atoms with Gasteiger partial charge in [-0.25, -0.2) is 10.5 Å². The molecular weight excluding hydrogens is 562 g/mol. The van der Waals surface area contributed by atoms with E-state index in [0.29, 0.717) is 50.8 Å². The summed E-state index contributed by atoms with van der Waals surface area (Å²) in [5.74, 6) is -4.37. The number of carbonyl (C=O) groups is 5. The molecule has 1 aromatic carbocycles. The first-order valence-electron chi connectivity index (χ1n) is 13.8. The highest BCUT2D eigenvalue weighted by Crippen LogP contribution is 2.27. The van der Waals surface area contributed by atoms with Gasteiger partial charge in [0.25, 0.3) is 11.9 Å². The maximum absolute atomic E-state index is 13.3. The number of aliphatic imine (C=N–C) groups is 1. The van der Waals surface area contributed by atoms with Crippen molar-refractivity contribution in [2.75, 3.05) is 13.6 Å². The summed E-state index contributed by atoms with van der Waals surface area (Å²) in [4.78, 5) is 60.1. The van der Waals surface area contributed by atoms with Gasteiger partial charge < -0.3 is 38.0 Å². The molecule has 0 saturated heterocycles. The number of benzene rings is 1. The lowest BCUT2D eigenvalue weighted by Crippen LogP contribution is -2.50. The van der Waals surface area contributed by atoms with Crippen LogP contribution in [0.3, 0.4) is 0 Å². The van der Waals surface area contributed by atoms with E-state index in [4.69, 9.17) is 37.0 Å². The van der Waals surface area contributed by atoms with E-state index < -0.39 is 35.7 Å². The number of hydrogen-bond donors (Lipinski definition) is 9. The number of guanidine groups is 1. The minimum absolute atomic E-state index is 0.0215. The number of aliphatic carboxylic acids is 2. The van der Waals surface area contributed by atoms with Gasteiger partial charge in [-0.3, -0.25) is 29.2 Å². The topological polar surface area (TPSA) is 273 Å². The van der Waals surface area contributed by atoms with E-state index in [9.17, 15) is 19.6 Å². The molecule has 0 aromatic heterocycles. The molecule has 15 nitrogen and oxygen atoms in total. The van der Waals surface area contributed by atoms with Crippen molar-refractivity contribution in [1.29, 1.82) is 0 Å². The monoisotopic (exact) mass is 611 g/mol. The molecule has 1 rings (SSSR count). The molecule has 0 heterocycles. The number of rotatable bonds is 15. The van der Waals surface area contributed by atoms with Crippen LogP contribution in [0.15, 0.2) is 29.3 Å². The van der Waals surface area contributed by atoms with E-state index in [0.717, 1.165) is 19.4 Å². The Balaban J connectivity index is 0. The van der Waals surface area contributed by atoms with Crippen molar-refractivity contribution < 1.29 is 39.4 Å². The van der Waals surface area contributed by atoms with Gasteiger partial charge in [0.15, 0.2) is 5.96 Å². The first-order chi connectivity index (χ1) is 20.1. The fraction of sp³-hybridized carbons (Fsp3) is 0.571. The third-order valence-corrected chi connectivity index (χ3v) is 5.75. The molecule has 0 bridgehead atoms. The summed E-state index contributed by atoms with van der Waals surface area (Å²) in [5, 5.41) is 29.6. The molecule has 1 aromatic rings. The van der Waals surface area contributed by atoms with Crippen LogP contribution >= 0.6 is 0 Å². The van der Waals surface area contributed by atoms with Crippen LogP contribution in [0.25, 0.3) is 0 Å². The van der Waals surface area contributed by atoms with E-state index in [1.54, 1.807) is 17.6 Å². The summed E-state index contributed by atoms with van der Waals surface area (Å²) in [5.41, 5.74) is 19.7. The minimum Gasteiger partial charge on any atom is -0.481 e. The molecule has 0 aliphatic rings. The Hall–Kier alpha value is -4.24. The molecule has 43 heavy (non-hydrogen) atoms. The average Bonchev–Trinajstić information content (AvgIpc) is 2.91. The van der Waals surface area contributed by atoms with Crippen molar-refractivity contribution in [2.45, 2.75) is 72.3 Å². The van der Waals surface area contributed by atoms with Crippen molar-refractivity contribution in [3.63, 3.8) is 0 Å². The van der Waals surface area contributed by atoms with E-state index in [1.165, 1.54) is 7.05 Å². The number of hydroxylamine groups is 1. The lowest BCUT2D eigenvalue weighted by molar-refractivity contribution is -0.142. The molecule has 244 valence electrons. The Morgan fingerprint density at radius 2 is 1.40 bits per heavy atom. The second-order valence-electron chi connectivity index (χ2n) is 10.1. The highest BCUT2D eigenvalue weighted by molar-refractivity contribution is 5.91. The van der Waals surface area contributed by atoms with Crippen molar-refractivity contribution in [1.82, 2.24) is 16.1 Å². The van der Waals surface area contributed by atoms with Crippen molar-refractivity contribution in [3.8, 4) is 0 Å². The maximum atomic E-state index is 13.3. The number of likely N-dealkylation sites (N-methyl/N-ethyl adjacent to an activating group) is 1. The van der Waals surface area contributed by atoms with Gasteiger partial charge in [-0.05, 0) is 68.7 Å². The zero-order chi connectivity index (χ0) is 33.5. The van der Waals surface area contributed by atoms with Gasteiger partial charge in [0.1, 0.15) is 6.04 Å². The number of nitrogens with one attached hydrogen (secondary N) is 3. The lowest BCUT2D eigenvalue weighted by atomic mass is 9.80. The number of carboxylic acid groups (broad SMARTS) is 2. The molecule has 3 amide bonds. The van der Waals surface area contributed by atoms with E-state index in [1.807, 2.05) is 26.0 Å². The second kappa shape index (κ2) is 23.3. The number of carbonyl (C=O) groups excluding carboxylic acids is 3. The predicted molar refractivity (Wildman–Crippen MR) is 162 cm³/mol. The molecule has 0 aliphatic carbocycles. The summed E-state index contributed by atoms with van der Waals surface area (Å²) in [7, 11) is 1.50. The van der Waals surface area contributed by atoms with Crippen LogP contribution in [0.1, 0.15) is 65.4 Å². The van der Waals surface area contributed by atoms with Gasteiger partial charge in [0.2, 0.25) is 17.7 Å². The molecule has 15 heteroatoms. The summed E-state index contributed by atoms with van der Waals surface area (Å²) < 4.78 is 0. The molecule has 0 fully saturated rings. The third-order valence-electron chi connectivity index (χ3n) is 5.75. The summed E-state index contributed by atoms with van der Waals surface area (Å²) in [6.45, 7) is 6.47. The SMILES string of the molecule is CC(=O)O.CC(=O)O.CNC(=O)[C@H](CCCN)NC(=O)[C@H](CC(C)C)C(CCCc1ccc(N=C(N)N)cc1)C(=O)NO. The largest absolute Gasteiger partial charge is 0.481 e. The Bertz CT molecular complexity index is 1010. The van der Waals surface area contributed by atoms with Crippen LogP contribution in [0.5, 0.6) is 0 Å². The Kier molecular flexibility index (Phi) is 22.2. The van der Waals surface area contributed by atoms with Gasteiger partial charge in [-0.2, -0.15) is 0 Å². The number of nitrogens with zero attached hydrogens (tertiary/aromatic N) is 1. The molecule has 0 aliphatic heterocycles. The molecule has 0 radical (unpaired) electrons. The standard InChI is InChI=1S/C24H41N7O4.2C2H4O2/c1-15(2)14-19(21(32)30-20(8-5-13-25)23(34)28-3)18(22(33)31-35)7-4-6-16-9-11-17(12-10-16)29-24(26)27;2*1-2(3)4/h9-12,15,18-20,35H,4-8,13-14,25H2,1-3H3,(H,28,34)(H,30,32)(H,31,33)(H4,26,27,29);2*1H3,(H,3,4)/t18?,19-,20+;;/m1../s1. The van der Waals surface area contributed by atoms with Crippen LogP contribution < -0.4 is 33.3 Å². The summed E-state index contributed by atoms with van der Waals surface area (Å²) in [6, 6.07) is 6.64. The van der Waals surface area contributed by atoms with Crippen molar-refractivity contribution in [2.24, 2.45) is 39.9 Å². The van der Waals surface area contributed by atoms with Crippen LogP contribution in [0.2, 0.25) is 0 Å². The second-order valence-corrected chi connectivity index (χ2v) is 10.1. The fourth-order valence-corrected chi connectivity index (χ4v) is 4.02. The van der Waals surface area contributed by atoms with Gasteiger partial charge in [0, 0.05) is 26.8 Å². The number of carboxylic acids is 2. The van der Waals surface area contributed by atoms with Crippen LogP contribution in [0, 0.1) is 17.8 Å². The Morgan fingerprint density at radius 1 is 0.860 bits per heavy atom. The number of aryl methyl sites for hydroxylation is 1. The molecule has 12 N–H and O–H groups in total. The van der Waals surface area contributed by atoms with Crippen LogP contribution in [0.4, 0.5) is 5.69 Å². The predicted octanol–water partition coefficient (Wildman–Crippen LogP) is 0.850. The third kappa shape index (κ3) is 21.2. The van der Waals surface area contributed by atoms with E-state index >= 15 is 0 Å². The van der Waals surface area contributed by atoms with Gasteiger partial charge >= 0.3 is 0 Å².